The SMILES string of the molecule is CCCCCCCCCC(C)(CCCCCCCCC)N(C)C. The second-order valence-corrected chi connectivity index (χ2v) is 8.13. The van der Waals surface area contributed by atoms with Crippen molar-refractivity contribution in [3.8, 4) is 0 Å². The Kier molecular flexibility index (Phi) is 15.5. The van der Waals surface area contributed by atoms with Gasteiger partial charge in [0, 0.05) is 5.54 Å². The van der Waals surface area contributed by atoms with Gasteiger partial charge in [0.15, 0.2) is 0 Å². The van der Waals surface area contributed by atoms with E-state index in [9.17, 15) is 0 Å². The molecular weight excluding hydrogens is 278 g/mol. The average molecular weight is 326 g/mol. The Morgan fingerprint density at radius 1 is 0.522 bits per heavy atom. The van der Waals surface area contributed by atoms with E-state index in [1.54, 1.807) is 0 Å². The van der Waals surface area contributed by atoms with E-state index < -0.39 is 0 Å². The Bertz CT molecular complexity index is 216. The van der Waals surface area contributed by atoms with E-state index in [1.807, 2.05) is 0 Å². The summed E-state index contributed by atoms with van der Waals surface area (Å²) in [5.41, 5.74) is 0.423. The van der Waals surface area contributed by atoms with Crippen molar-refractivity contribution in [1.29, 1.82) is 0 Å². The van der Waals surface area contributed by atoms with Gasteiger partial charge >= 0.3 is 0 Å². The fourth-order valence-corrected chi connectivity index (χ4v) is 3.50. The Morgan fingerprint density at radius 3 is 1.13 bits per heavy atom. The van der Waals surface area contributed by atoms with Crippen LogP contribution in [-0.4, -0.2) is 24.5 Å². The van der Waals surface area contributed by atoms with Crippen LogP contribution in [0.3, 0.4) is 0 Å². The van der Waals surface area contributed by atoms with Crippen molar-refractivity contribution in [1.82, 2.24) is 4.90 Å². The molecule has 0 saturated heterocycles. The molecule has 1 nitrogen and oxygen atoms in total. The lowest BCUT2D eigenvalue weighted by atomic mass is 9.87. The minimum atomic E-state index is 0.423. The average Bonchev–Trinajstić information content (AvgIpc) is 2.53. The third kappa shape index (κ3) is 13.0. The molecule has 0 aromatic carbocycles. The summed E-state index contributed by atoms with van der Waals surface area (Å²) < 4.78 is 0. The molecule has 0 bridgehead atoms. The molecule has 0 atom stereocenters. The highest BCUT2D eigenvalue weighted by atomic mass is 15.1. The molecule has 140 valence electrons. The first-order valence-corrected chi connectivity index (χ1v) is 10.7. The number of rotatable bonds is 17. The monoisotopic (exact) mass is 325 g/mol. The van der Waals surface area contributed by atoms with Crippen molar-refractivity contribution < 1.29 is 0 Å². The van der Waals surface area contributed by atoms with Crippen molar-refractivity contribution in [2.24, 2.45) is 0 Å². The van der Waals surface area contributed by atoms with E-state index in [0.29, 0.717) is 5.54 Å². The Morgan fingerprint density at radius 2 is 0.826 bits per heavy atom. The number of hydrogen-bond donors (Lipinski definition) is 0. The normalized spacial score (nSPS) is 12.3. The van der Waals surface area contributed by atoms with Crippen LogP contribution in [0.1, 0.15) is 124 Å². The van der Waals surface area contributed by atoms with Gasteiger partial charge in [-0.3, -0.25) is 0 Å². The molecule has 23 heavy (non-hydrogen) atoms. The van der Waals surface area contributed by atoms with Gasteiger partial charge in [0.2, 0.25) is 0 Å². The van der Waals surface area contributed by atoms with Crippen molar-refractivity contribution >= 4 is 0 Å². The molecule has 0 aliphatic carbocycles. The number of hydrogen-bond acceptors (Lipinski definition) is 1. The highest BCUT2D eigenvalue weighted by Gasteiger charge is 2.25. The first-order valence-electron chi connectivity index (χ1n) is 10.7. The summed E-state index contributed by atoms with van der Waals surface area (Å²) in [4.78, 5) is 2.49. The van der Waals surface area contributed by atoms with Crippen LogP contribution in [0.5, 0.6) is 0 Å². The predicted molar refractivity (Wildman–Crippen MR) is 107 cm³/mol. The fourth-order valence-electron chi connectivity index (χ4n) is 3.50. The van der Waals surface area contributed by atoms with Crippen LogP contribution in [-0.2, 0) is 0 Å². The van der Waals surface area contributed by atoms with Gasteiger partial charge in [-0.1, -0.05) is 104 Å². The summed E-state index contributed by atoms with van der Waals surface area (Å²) in [5.74, 6) is 0. The lowest BCUT2D eigenvalue weighted by Crippen LogP contribution is -2.41. The first kappa shape index (κ1) is 23.0. The molecule has 0 radical (unpaired) electrons. The number of nitrogens with zero attached hydrogens (tertiary/aromatic N) is 1. The smallest absolute Gasteiger partial charge is 0.0175 e. The van der Waals surface area contributed by atoms with Gasteiger partial charge in [0.05, 0.1) is 0 Å². The van der Waals surface area contributed by atoms with Crippen LogP contribution in [0.4, 0.5) is 0 Å². The van der Waals surface area contributed by atoms with E-state index >= 15 is 0 Å². The van der Waals surface area contributed by atoms with Crippen LogP contribution in [0.25, 0.3) is 0 Å². The Hall–Kier alpha value is -0.0400. The molecule has 0 aliphatic heterocycles. The summed E-state index contributed by atoms with van der Waals surface area (Å²) >= 11 is 0. The quantitative estimate of drug-likeness (QED) is 0.249. The van der Waals surface area contributed by atoms with Crippen LogP contribution in [0.2, 0.25) is 0 Å². The minimum Gasteiger partial charge on any atom is -0.304 e. The molecule has 0 fully saturated rings. The van der Waals surface area contributed by atoms with E-state index in [1.165, 1.54) is 103 Å². The second kappa shape index (κ2) is 15.5. The van der Waals surface area contributed by atoms with Crippen LogP contribution in [0, 0.1) is 0 Å². The van der Waals surface area contributed by atoms with Crippen molar-refractivity contribution in [3.05, 3.63) is 0 Å². The second-order valence-electron chi connectivity index (χ2n) is 8.13. The molecular formula is C22H47N. The highest BCUT2D eigenvalue weighted by Crippen LogP contribution is 2.27. The first-order chi connectivity index (χ1) is 11.1. The van der Waals surface area contributed by atoms with E-state index in [2.05, 4.69) is 39.8 Å². The summed E-state index contributed by atoms with van der Waals surface area (Å²) in [6.07, 6.45) is 22.7. The molecule has 0 aliphatic rings. The summed E-state index contributed by atoms with van der Waals surface area (Å²) in [6.45, 7) is 7.08. The molecule has 0 aromatic heterocycles. The van der Waals surface area contributed by atoms with Crippen molar-refractivity contribution in [3.63, 3.8) is 0 Å². The molecule has 0 amide bonds. The van der Waals surface area contributed by atoms with Crippen molar-refractivity contribution in [2.75, 3.05) is 14.1 Å². The summed E-state index contributed by atoms with van der Waals surface area (Å²) in [6, 6.07) is 0. The number of unbranched alkanes of at least 4 members (excludes halogenated alkanes) is 12. The standard InChI is InChI=1S/C22H47N/c1-6-8-10-12-14-16-18-20-22(3,23(4)5)21-19-17-15-13-11-9-7-2/h6-21H2,1-5H3. The molecule has 0 unspecified atom stereocenters. The Labute approximate surface area is 148 Å². The zero-order valence-corrected chi connectivity index (χ0v) is 17.3. The molecule has 0 rings (SSSR count). The minimum absolute atomic E-state index is 0.423. The predicted octanol–water partition coefficient (Wildman–Crippen LogP) is 7.59. The third-order valence-electron chi connectivity index (χ3n) is 5.72. The summed E-state index contributed by atoms with van der Waals surface area (Å²) in [5, 5.41) is 0. The van der Waals surface area contributed by atoms with Gasteiger partial charge in [0.25, 0.3) is 0 Å². The molecule has 0 spiro atoms. The maximum Gasteiger partial charge on any atom is 0.0175 e. The topological polar surface area (TPSA) is 3.24 Å². The van der Waals surface area contributed by atoms with Gasteiger partial charge in [-0.2, -0.15) is 0 Å². The summed E-state index contributed by atoms with van der Waals surface area (Å²) in [7, 11) is 4.56. The maximum absolute atomic E-state index is 2.49. The van der Waals surface area contributed by atoms with Gasteiger partial charge in [-0.05, 0) is 33.9 Å². The van der Waals surface area contributed by atoms with Crippen LogP contribution < -0.4 is 0 Å². The van der Waals surface area contributed by atoms with Crippen molar-refractivity contribution in [2.45, 2.75) is 129 Å². The zero-order valence-electron chi connectivity index (χ0n) is 17.3. The van der Waals surface area contributed by atoms with Crippen LogP contribution >= 0.6 is 0 Å². The van der Waals surface area contributed by atoms with E-state index in [4.69, 9.17) is 0 Å². The van der Waals surface area contributed by atoms with Gasteiger partial charge in [-0.15, -0.1) is 0 Å². The molecule has 1 heteroatoms. The molecule has 0 heterocycles. The highest BCUT2D eigenvalue weighted by molar-refractivity contribution is 4.82. The van der Waals surface area contributed by atoms with Gasteiger partial charge < -0.3 is 4.90 Å². The van der Waals surface area contributed by atoms with E-state index in [-0.39, 0.29) is 0 Å². The maximum atomic E-state index is 2.49. The van der Waals surface area contributed by atoms with E-state index in [0.717, 1.165) is 0 Å². The Balaban J connectivity index is 3.75. The largest absolute Gasteiger partial charge is 0.304 e. The van der Waals surface area contributed by atoms with Gasteiger partial charge in [-0.25, -0.2) is 0 Å². The lowest BCUT2D eigenvalue weighted by Gasteiger charge is -2.37. The third-order valence-corrected chi connectivity index (χ3v) is 5.72. The molecule has 0 N–H and O–H groups in total. The molecule has 0 aromatic rings. The fraction of sp³-hybridized carbons (Fsp3) is 1.00. The lowest BCUT2D eigenvalue weighted by molar-refractivity contribution is 0.139. The van der Waals surface area contributed by atoms with Gasteiger partial charge in [0.1, 0.15) is 0 Å². The van der Waals surface area contributed by atoms with Crippen LogP contribution in [0.15, 0.2) is 0 Å². The zero-order chi connectivity index (χ0) is 17.4. The molecule has 0 saturated carbocycles.